The summed E-state index contributed by atoms with van der Waals surface area (Å²) in [6.07, 6.45) is 3.04. The van der Waals surface area contributed by atoms with Gasteiger partial charge in [-0.3, -0.25) is 0 Å². The van der Waals surface area contributed by atoms with Gasteiger partial charge in [-0.25, -0.2) is 0 Å². The van der Waals surface area contributed by atoms with E-state index < -0.39 is 0 Å². The van der Waals surface area contributed by atoms with Crippen molar-refractivity contribution in [1.29, 1.82) is 0 Å². The highest BCUT2D eigenvalue weighted by Crippen LogP contribution is 2.21. The maximum atomic E-state index is 3.76. The first-order valence-electron chi connectivity index (χ1n) is 4.42. The first kappa shape index (κ1) is 9.05. The van der Waals surface area contributed by atoms with E-state index in [9.17, 15) is 0 Å². The van der Waals surface area contributed by atoms with Gasteiger partial charge in [0.25, 0.3) is 0 Å². The molecule has 12 heavy (non-hydrogen) atoms. The van der Waals surface area contributed by atoms with Gasteiger partial charge in [0, 0.05) is 0 Å². The zero-order chi connectivity index (χ0) is 8.97. The van der Waals surface area contributed by atoms with Crippen molar-refractivity contribution >= 4 is 0 Å². The maximum Gasteiger partial charge on any atom is -0.0153 e. The van der Waals surface area contributed by atoms with Crippen molar-refractivity contribution in [3.05, 3.63) is 48.0 Å². The highest BCUT2D eigenvalue weighted by Gasteiger charge is 2.04. The fourth-order valence-electron chi connectivity index (χ4n) is 1.52. The molecule has 0 aliphatic heterocycles. The van der Waals surface area contributed by atoms with Gasteiger partial charge in [0.1, 0.15) is 0 Å². The zero-order valence-electron chi connectivity index (χ0n) is 7.88. The summed E-state index contributed by atoms with van der Waals surface area (Å²) in [6, 6.07) is 8.54. The lowest BCUT2D eigenvalue weighted by atomic mass is 9.94. The molecule has 0 heterocycles. The minimum absolute atomic E-state index is 0.601. The average molecular weight is 160 g/mol. The van der Waals surface area contributed by atoms with E-state index in [4.69, 9.17) is 0 Å². The molecule has 1 unspecified atom stereocenters. The lowest BCUT2D eigenvalue weighted by Gasteiger charge is -2.11. The predicted molar refractivity (Wildman–Crippen MR) is 54.4 cm³/mol. The number of allylic oxidation sites excluding steroid dienone is 1. The number of hydrogen-bond donors (Lipinski definition) is 0. The van der Waals surface area contributed by atoms with Crippen molar-refractivity contribution in [2.75, 3.05) is 0 Å². The Kier molecular flexibility index (Phi) is 3.09. The molecule has 1 rings (SSSR count). The van der Waals surface area contributed by atoms with Crippen molar-refractivity contribution in [3.63, 3.8) is 0 Å². The lowest BCUT2D eigenvalue weighted by Crippen LogP contribution is -1.94. The summed E-state index contributed by atoms with van der Waals surface area (Å²) in [5, 5.41) is 0. The second-order valence-corrected chi connectivity index (χ2v) is 3.28. The Bertz CT molecular complexity index is 260. The summed E-state index contributed by atoms with van der Waals surface area (Å²) in [5.74, 6) is 0.601. The van der Waals surface area contributed by atoms with Gasteiger partial charge in [-0.15, -0.1) is 6.58 Å². The zero-order valence-corrected chi connectivity index (χ0v) is 7.88. The summed E-state index contributed by atoms with van der Waals surface area (Å²) >= 11 is 0. The molecule has 0 spiro atoms. The predicted octanol–water partition coefficient (Wildman–Crippen LogP) is 3.67. The molecular weight excluding hydrogens is 144 g/mol. The molecule has 0 saturated heterocycles. The number of rotatable bonds is 3. The average Bonchev–Trinajstić information content (AvgIpc) is 2.05. The van der Waals surface area contributed by atoms with Gasteiger partial charge in [-0.1, -0.05) is 37.3 Å². The largest absolute Gasteiger partial charge is 0.103 e. The lowest BCUT2D eigenvalue weighted by molar-refractivity contribution is 0.775. The second kappa shape index (κ2) is 4.10. The van der Waals surface area contributed by atoms with Crippen LogP contribution in [0.3, 0.4) is 0 Å². The molecule has 0 aliphatic carbocycles. The van der Waals surface area contributed by atoms with E-state index in [1.807, 2.05) is 6.08 Å². The van der Waals surface area contributed by atoms with Gasteiger partial charge in [0.05, 0.1) is 0 Å². The summed E-state index contributed by atoms with van der Waals surface area (Å²) in [5.41, 5.74) is 2.82. The smallest absolute Gasteiger partial charge is 0.0153 e. The van der Waals surface area contributed by atoms with E-state index in [2.05, 4.69) is 44.7 Å². The van der Waals surface area contributed by atoms with Crippen molar-refractivity contribution in [2.24, 2.45) is 0 Å². The summed E-state index contributed by atoms with van der Waals surface area (Å²) in [7, 11) is 0. The Morgan fingerprint density at radius 1 is 1.42 bits per heavy atom. The van der Waals surface area contributed by atoms with Gasteiger partial charge >= 0.3 is 0 Å². The van der Waals surface area contributed by atoms with E-state index in [0.29, 0.717) is 5.92 Å². The standard InChI is InChI=1S/C12H16/c1-4-7-10(2)12-9-6-5-8-11(12)3/h4-6,8-10H,1,7H2,2-3H3. The summed E-state index contributed by atoms with van der Waals surface area (Å²) in [6.45, 7) is 8.16. The molecule has 0 fully saturated rings. The van der Waals surface area contributed by atoms with Crippen molar-refractivity contribution in [3.8, 4) is 0 Å². The molecule has 0 N–H and O–H groups in total. The Morgan fingerprint density at radius 2 is 2.08 bits per heavy atom. The van der Waals surface area contributed by atoms with Crippen molar-refractivity contribution in [2.45, 2.75) is 26.2 Å². The highest BCUT2D eigenvalue weighted by atomic mass is 14.1. The van der Waals surface area contributed by atoms with E-state index in [0.717, 1.165) is 6.42 Å². The van der Waals surface area contributed by atoms with E-state index in [-0.39, 0.29) is 0 Å². The molecule has 1 atom stereocenters. The number of aryl methyl sites for hydroxylation is 1. The van der Waals surface area contributed by atoms with Crippen LogP contribution in [-0.2, 0) is 0 Å². The van der Waals surface area contributed by atoms with Gasteiger partial charge in [-0.2, -0.15) is 0 Å². The van der Waals surface area contributed by atoms with E-state index in [1.165, 1.54) is 11.1 Å². The molecule has 0 amide bonds. The second-order valence-electron chi connectivity index (χ2n) is 3.28. The minimum Gasteiger partial charge on any atom is -0.103 e. The Hall–Kier alpha value is -1.04. The summed E-state index contributed by atoms with van der Waals surface area (Å²) in [4.78, 5) is 0. The van der Waals surface area contributed by atoms with Crippen LogP contribution in [-0.4, -0.2) is 0 Å². The molecule has 0 nitrogen and oxygen atoms in total. The van der Waals surface area contributed by atoms with Gasteiger partial charge in [0.15, 0.2) is 0 Å². The quantitative estimate of drug-likeness (QED) is 0.592. The van der Waals surface area contributed by atoms with Gasteiger partial charge < -0.3 is 0 Å². The molecule has 0 saturated carbocycles. The SMILES string of the molecule is C=CCC(C)c1ccccc1C. The molecule has 0 heteroatoms. The van der Waals surface area contributed by atoms with Crippen LogP contribution in [0.15, 0.2) is 36.9 Å². The number of benzene rings is 1. The molecule has 0 aliphatic rings. The fourth-order valence-corrected chi connectivity index (χ4v) is 1.52. The molecule has 1 aromatic rings. The Labute approximate surface area is 74.9 Å². The Balaban J connectivity index is 2.86. The first-order chi connectivity index (χ1) is 5.75. The van der Waals surface area contributed by atoms with Crippen LogP contribution < -0.4 is 0 Å². The van der Waals surface area contributed by atoms with Crippen LogP contribution in [0.2, 0.25) is 0 Å². The molecule has 0 radical (unpaired) electrons. The van der Waals surface area contributed by atoms with E-state index in [1.54, 1.807) is 0 Å². The monoisotopic (exact) mass is 160 g/mol. The van der Waals surface area contributed by atoms with Crippen molar-refractivity contribution in [1.82, 2.24) is 0 Å². The van der Waals surface area contributed by atoms with Crippen LogP contribution in [0.1, 0.15) is 30.4 Å². The van der Waals surface area contributed by atoms with Crippen LogP contribution in [0.25, 0.3) is 0 Å². The van der Waals surface area contributed by atoms with Crippen molar-refractivity contribution < 1.29 is 0 Å². The first-order valence-corrected chi connectivity index (χ1v) is 4.42. The topological polar surface area (TPSA) is 0 Å². The van der Waals surface area contributed by atoms with E-state index >= 15 is 0 Å². The molecule has 0 bridgehead atoms. The molecule has 0 aromatic heterocycles. The highest BCUT2D eigenvalue weighted by molar-refractivity contribution is 5.28. The number of hydrogen-bond acceptors (Lipinski definition) is 0. The summed E-state index contributed by atoms with van der Waals surface area (Å²) < 4.78 is 0. The molecule has 1 aromatic carbocycles. The van der Waals surface area contributed by atoms with Crippen LogP contribution in [0.4, 0.5) is 0 Å². The molecule has 64 valence electrons. The minimum atomic E-state index is 0.601. The van der Waals surface area contributed by atoms with Crippen LogP contribution >= 0.6 is 0 Å². The third-order valence-electron chi connectivity index (χ3n) is 2.24. The normalized spacial score (nSPS) is 12.5. The van der Waals surface area contributed by atoms with Gasteiger partial charge in [-0.05, 0) is 30.4 Å². The fraction of sp³-hybridized carbons (Fsp3) is 0.333. The van der Waals surface area contributed by atoms with Crippen LogP contribution in [0.5, 0.6) is 0 Å². The molecular formula is C12H16. The maximum absolute atomic E-state index is 3.76. The van der Waals surface area contributed by atoms with Gasteiger partial charge in [0.2, 0.25) is 0 Å². The third kappa shape index (κ3) is 1.97. The Morgan fingerprint density at radius 3 is 2.67 bits per heavy atom. The van der Waals surface area contributed by atoms with Crippen LogP contribution in [0, 0.1) is 6.92 Å². The third-order valence-corrected chi connectivity index (χ3v) is 2.24.